The summed E-state index contributed by atoms with van der Waals surface area (Å²) in [6.45, 7) is 1.97. The summed E-state index contributed by atoms with van der Waals surface area (Å²) in [5, 5.41) is 6.40. The van der Waals surface area contributed by atoms with Crippen LogP contribution in [-0.2, 0) is 10.9 Å². The molecule has 0 atom stereocenters. The van der Waals surface area contributed by atoms with Gasteiger partial charge in [-0.3, -0.25) is 4.79 Å². The second-order valence-corrected chi connectivity index (χ2v) is 7.45. The largest absolute Gasteiger partial charge is 0.434 e. The van der Waals surface area contributed by atoms with Crippen LogP contribution in [0.1, 0.15) is 16.1 Å². The predicted octanol–water partition coefficient (Wildman–Crippen LogP) is 4.77. The van der Waals surface area contributed by atoms with Crippen LogP contribution in [0.3, 0.4) is 0 Å². The van der Waals surface area contributed by atoms with Crippen molar-refractivity contribution in [1.29, 1.82) is 0 Å². The molecule has 2 aromatic carbocycles. The van der Waals surface area contributed by atoms with Crippen molar-refractivity contribution in [3.8, 4) is 5.69 Å². The highest BCUT2D eigenvalue weighted by Crippen LogP contribution is 2.34. The van der Waals surface area contributed by atoms with Crippen molar-refractivity contribution in [3.63, 3.8) is 0 Å². The minimum Gasteiger partial charge on any atom is -0.378 e. The lowest BCUT2D eigenvalue weighted by Gasteiger charge is -2.29. The van der Waals surface area contributed by atoms with Crippen LogP contribution in [0.15, 0.2) is 48.7 Å². The number of aromatic nitrogens is 2. The number of nitrogens with one attached hydrogen (secondary N) is 1. The van der Waals surface area contributed by atoms with E-state index in [1.54, 1.807) is 4.90 Å². The third kappa shape index (κ3) is 4.56. The Bertz CT molecular complexity index is 1130. The van der Waals surface area contributed by atoms with Gasteiger partial charge in [-0.25, -0.2) is 9.07 Å². The summed E-state index contributed by atoms with van der Waals surface area (Å²) in [5.74, 6) is -1.66. The van der Waals surface area contributed by atoms with Crippen LogP contribution in [0.4, 0.5) is 28.9 Å². The van der Waals surface area contributed by atoms with Gasteiger partial charge in [0.15, 0.2) is 5.69 Å². The van der Waals surface area contributed by atoms with Gasteiger partial charge in [0.2, 0.25) is 0 Å². The van der Waals surface area contributed by atoms with Crippen LogP contribution in [0.5, 0.6) is 0 Å². The van der Waals surface area contributed by atoms with E-state index in [0.717, 1.165) is 12.3 Å². The summed E-state index contributed by atoms with van der Waals surface area (Å²) < 4.78 is 61.8. The Balaban J connectivity index is 1.61. The van der Waals surface area contributed by atoms with Crippen LogP contribution >= 0.6 is 11.6 Å². The number of rotatable bonds is 4. The number of halogens is 5. The van der Waals surface area contributed by atoms with Gasteiger partial charge in [0.25, 0.3) is 5.91 Å². The Labute approximate surface area is 185 Å². The number of amides is 1. The molecule has 1 aliphatic rings. The summed E-state index contributed by atoms with van der Waals surface area (Å²) in [5.41, 5.74) is -1.50. The number of morpholine rings is 1. The molecule has 3 aromatic rings. The second kappa shape index (κ2) is 8.79. The van der Waals surface area contributed by atoms with E-state index >= 15 is 0 Å². The van der Waals surface area contributed by atoms with E-state index in [0.29, 0.717) is 41.7 Å². The van der Waals surface area contributed by atoms with Crippen LogP contribution in [0.25, 0.3) is 5.69 Å². The number of anilines is 2. The standard InChI is InChI=1S/C21H17ClF4N4O2/c22-13-1-4-15(5-2-13)30-19(21(24,25)26)16(12-27-30)20(31)28-14-3-6-18(17(23)11-14)29-7-9-32-10-8-29/h1-6,11-12H,7-10H2,(H,28,31). The second-order valence-electron chi connectivity index (χ2n) is 7.01. The number of hydrogen-bond donors (Lipinski definition) is 1. The number of carbonyl (C=O) groups is 1. The smallest absolute Gasteiger partial charge is 0.378 e. The van der Waals surface area contributed by atoms with E-state index in [-0.39, 0.29) is 11.4 Å². The Hall–Kier alpha value is -3.11. The molecule has 2 heterocycles. The first-order valence-electron chi connectivity index (χ1n) is 9.59. The lowest BCUT2D eigenvalue weighted by atomic mass is 10.2. The lowest BCUT2D eigenvalue weighted by Crippen LogP contribution is -2.36. The average Bonchev–Trinajstić information content (AvgIpc) is 3.21. The van der Waals surface area contributed by atoms with Crippen molar-refractivity contribution in [2.24, 2.45) is 0 Å². The SMILES string of the molecule is O=C(Nc1ccc(N2CCOCC2)c(F)c1)c1cnn(-c2ccc(Cl)cc2)c1C(F)(F)F. The summed E-state index contributed by atoms with van der Waals surface area (Å²) in [6.07, 6.45) is -4.04. The Morgan fingerprint density at radius 1 is 1.09 bits per heavy atom. The Morgan fingerprint density at radius 2 is 1.78 bits per heavy atom. The summed E-state index contributed by atoms with van der Waals surface area (Å²) in [6, 6.07) is 9.51. The fourth-order valence-electron chi connectivity index (χ4n) is 3.41. The highest BCUT2D eigenvalue weighted by Gasteiger charge is 2.40. The van der Waals surface area contributed by atoms with Crippen molar-refractivity contribution in [1.82, 2.24) is 9.78 Å². The maximum absolute atomic E-state index is 14.6. The molecule has 0 aliphatic carbocycles. The van der Waals surface area contributed by atoms with E-state index < -0.39 is 29.2 Å². The van der Waals surface area contributed by atoms with Crippen molar-refractivity contribution in [2.75, 3.05) is 36.5 Å². The molecule has 168 valence electrons. The van der Waals surface area contributed by atoms with Gasteiger partial charge in [0.1, 0.15) is 5.82 Å². The first-order chi connectivity index (χ1) is 15.2. The highest BCUT2D eigenvalue weighted by atomic mass is 35.5. The molecule has 1 fully saturated rings. The third-order valence-electron chi connectivity index (χ3n) is 4.91. The van der Waals surface area contributed by atoms with Crippen LogP contribution in [0, 0.1) is 5.82 Å². The molecule has 1 amide bonds. The van der Waals surface area contributed by atoms with Gasteiger partial charge in [0.05, 0.1) is 36.3 Å². The van der Waals surface area contributed by atoms with Gasteiger partial charge in [-0.1, -0.05) is 11.6 Å². The summed E-state index contributed by atoms with van der Waals surface area (Å²) in [4.78, 5) is 14.4. The summed E-state index contributed by atoms with van der Waals surface area (Å²) >= 11 is 5.79. The molecule has 0 bridgehead atoms. The topological polar surface area (TPSA) is 59.4 Å². The van der Waals surface area contributed by atoms with Crippen molar-refractivity contribution >= 4 is 28.9 Å². The molecule has 6 nitrogen and oxygen atoms in total. The maximum Gasteiger partial charge on any atom is 0.434 e. The molecule has 11 heteroatoms. The van der Waals surface area contributed by atoms with Gasteiger partial charge < -0.3 is 15.0 Å². The van der Waals surface area contributed by atoms with Gasteiger partial charge in [-0.2, -0.15) is 18.3 Å². The fraction of sp³-hybridized carbons (Fsp3) is 0.238. The molecule has 4 rings (SSSR count). The molecular formula is C21H17ClF4N4O2. The quantitative estimate of drug-likeness (QED) is 0.560. The molecule has 0 unspecified atom stereocenters. The molecule has 1 N–H and O–H groups in total. The van der Waals surface area contributed by atoms with E-state index in [2.05, 4.69) is 10.4 Å². The first-order valence-corrected chi connectivity index (χ1v) is 9.96. The fourth-order valence-corrected chi connectivity index (χ4v) is 3.54. The molecule has 1 aromatic heterocycles. The minimum atomic E-state index is -4.87. The minimum absolute atomic E-state index is 0.0249. The van der Waals surface area contributed by atoms with Crippen molar-refractivity contribution < 1.29 is 27.1 Å². The summed E-state index contributed by atoms with van der Waals surface area (Å²) in [7, 11) is 0. The van der Waals surface area contributed by atoms with Gasteiger partial charge in [-0.05, 0) is 42.5 Å². The van der Waals surface area contributed by atoms with Gasteiger partial charge >= 0.3 is 6.18 Å². The number of nitrogens with zero attached hydrogens (tertiary/aromatic N) is 3. The number of benzene rings is 2. The zero-order valence-corrected chi connectivity index (χ0v) is 17.3. The average molecular weight is 469 g/mol. The van der Waals surface area contributed by atoms with E-state index in [4.69, 9.17) is 16.3 Å². The molecule has 32 heavy (non-hydrogen) atoms. The van der Waals surface area contributed by atoms with Gasteiger partial charge in [-0.15, -0.1) is 0 Å². The number of hydrogen-bond acceptors (Lipinski definition) is 4. The molecule has 1 aliphatic heterocycles. The maximum atomic E-state index is 14.6. The molecule has 1 saturated heterocycles. The number of carbonyl (C=O) groups excluding carboxylic acids is 1. The zero-order valence-electron chi connectivity index (χ0n) is 16.5. The van der Waals surface area contributed by atoms with Crippen LogP contribution in [0.2, 0.25) is 5.02 Å². The highest BCUT2D eigenvalue weighted by molar-refractivity contribution is 6.30. The van der Waals surface area contributed by atoms with Crippen LogP contribution in [-0.4, -0.2) is 42.0 Å². The van der Waals surface area contributed by atoms with Crippen molar-refractivity contribution in [2.45, 2.75) is 6.18 Å². The third-order valence-corrected chi connectivity index (χ3v) is 5.16. The molecule has 0 saturated carbocycles. The van der Waals surface area contributed by atoms with Crippen LogP contribution < -0.4 is 10.2 Å². The zero-order chi connectivity index (χ0) is 22.9. The lowest BCUT2D eigenvalue weighted by molar-refractivity contribution is -0.143. The number of alkyl halides is 3. The number of ether oxygens (including phenoxy) is 1. The Kier molecular flexibility index (Phi) is 6.07. The molecular weight excluding hydrogens is 452 g/mol. The van der Waals surface area contributed by atoms with E-state index in [9.17, 15) is 22.4 Å². The molecule has 0 spiro atoms. The van der Waals surface area contributed by atoms with Gasteiger partial charge in [0, 0.05) is 23.8 Å². The normalized spacial score (nSPS) is 14.5. The molecule has 0 radical (unpaired) electrons. The van der Waals surface area contributed by atoms with E-state index in [1.165, 1.54) is 36.4 Å². The predicted molar refractivity (Wildman–Crippen MR) is 111 cm³/mol. The van der Waals surface area contributed by atoms with E-state index in [1.807, 2.05) is 0 Å². The first kappa shape index (κ1) is 22.1. The van der Waals surface area contributed by atoms with Crippen molar-refractivity contribution in [3.05, 3.63) is 70.8 Å². The monoisotopic (exact) mass is 468 g/mol. The Morgan fingerprint density at radius 3 is 2.41 bits per heavy atom.